The van der Waals surface area contributed by atoms with Crippen molar-refractivity contribution >= 4 is 15.9 Å². The van der Waals surface area contributed by atoms with Gasteiger partial charge in [-0.3, -0.25) is 0 Å². The highest BCUT2D eigenvalue weighted by Crippen LogP contribution is 2.35. The van der Waals surface area contributed by atoms with E-state index in [1.165, 1.54) is 31.2 Å². The van der Waals surface area contributed by atoms with Crippen LogP contribution in [0.15, 0.2) is 42.5 Å². The summed E-state index contributed by atoms with van der Waals surface area (Å²) in [6.07, 6.45) is 9.43. The Labute approximate surface area is 118 Å². The van der Waals surface area contributed by atoms with Gasteiger partial charge in [-0.2, -0.15) is 0 Å². The van der Waals surface area contributed by atoms with Crippen LogP contribution in [0.3, 0.4) is 0 Å². The summed E-state index contributed by atoms with van der Waals surface area (Å²) in [6.45, 7) is 1.58. The minimum atomic E-state index is 0.318. The van der Waals surface area contributed by atoms with E-state index in [1.54, 1.807) is 0 Å². The molecule has 0 aromatic heterocycles. The molecule has 1 nitrogen and oxygen atoms in total. The van der Waals surface area contributed by atoms with Gasteiger partial charge in [-0.15, -0.1) is 0 Å². The molecule has 0 unspecified atom stereocenters. The molecule has 0 radical (unpaired) electrons. The van der Waals surface area contributed by atoms with Crippen molar-refractivity contribution in [2.75, 3.05) is 11.9 Å². The van der Waals surface area contributed by atoms with Gasteiger partial charge in [-0.05, 0) is 31.2 Å². The molecule has 98 valence electrons. The lowest BCUT2D eigenvalue weighted by Gasteiger charge is -2.30. The van der Waals surface area contributed by atoms with Crippen LogP contribution >= 0.6 is 15.9 Å². The third-order valence-corrected chi connectivity index (χ3v) is 4.84. The topological polar surface area (TPSA) is 9.23 Å². The first kappa shape index (κ1) is 13.8. The van der Waals surface area contributed by atoms with E-state index in [1.807, 2.05) is 6.07 Å². The van der Waals surface area contributed by atoms with Crippen LogP contribution in [0.2, 0.25) is 0 Å². The van der Waals surface area contributed by atoms with Gasteiger partial charge in [0.05, 0.1) is 13.2 Å². The standard InChI is InChI=1S/C16H21BrO/c17-13-16(10-6-1-2-7-11-16)14-18-12-15-8-4-3-5-9-15/h1-5,8-9H,6-7,10-14H2. The van der Waals surface area contributed by atoms with Crippen LogP contribution in [-0.2, 0) is 11.3 Å². The molecule has 1 aliphatic carbocycles. The molecule has 1 aromatic carbocycles. The minimum Gasteiger partial charge on any atom is -0.376 e. The highest BCUT2D eigenvalue weighted by atomic mass is 79.9. The molecule has 0 saturated carbocycles. The van der Waals surface area contributed by atoms with Crippen molar-refractivity contribution in [1.82, 2.24) is 0 Å². The zero-order chi connectivity index (χ0) is 12.7. The highest BCUT2D eigenvalue weighted by Gasteiger charge is 2.28. The third-order valence-electron chi connectivity index (χ3n) is 3.65. The molecule has 2 heteroatoms. The molecule has 0 atom stereocenters. The Morgan fingerprint density at radius 3 is 2.33 bits per heavy atom. The number of alkyl halides is 1. The van der Waals surface area contributed by atoms with Gasteiger partial charge in [-0.25, -0.2) is 0 Å². The van der Waals surface area contributed by atoms with Crippen LogP contribution in [0.4, 0.5) is 0 Å². The fourth-order valence-electron chi connectivity index (χ4n) is 2.42. The van der Waals surface area contributed by atoms with E-state index in [-0.39, 0.29) is 0 Å². The smallest absolute Gasteiger partial charge is 0.0717 e. The highest BCUT2D eigenvalue weighted by molar-refractivity contribution is 9.09. The second-order valence-electron chi connectivity index (χ2n) is 5.16. The summed E-state index contributed by atoms with van der Waals surface area (Å²) in [6, 6.07) is 10.4. The number of hydrogen-bond acceptors (Lipinski definition) is 1. The maximum atomic E-state index is 5.95. The van der Waals surface area contributed by atoms with E-state index in [4.69, 9.17) is 4.74 Å². The lowest BCUT2D eigenvalue weighted by molar-refractivity contribution is 0.0382. The molecule has 0 N–H and O–H groups in total. The molecular weight excluding hydrogens is 288 g/mol. The SMILES string of the molecule is BrCC1(COCc2ccccc2)CCC=CCC1. The average molecular weight is 309 g/mol. The first-order chi connectivity index (χ1) is 8.85. The van der Waals surface area contributed by atoms with Crippen molar-refractivity contribution < 1.29 is 4.74 Å². The van der Waals surface area contributed by atoms with E-state index in [9.17, 15) is 0 Å². The van der Waals surface area contributed by atoms with Crippen LogP contribution in [0.25, 0.3) is 0 Å². The summed E-state index contributed by atoms with van der Waals surface area (Å²) in [5.74, 6) is 0. The molecule has 0 fully saturated rings. The van der Waals surface area contributed by atoms with Crippen LogP contribution < -0.4 is 0 Å². The van der Waals surface area contributed by atoms with Gasteiger partial charge in [-0.1, -0.05) is 58.4 Å². The third kappa shape index (κ3) is 3.96. The maximum Gasteiger partial charge on any atom is 0.0717 e. The summed E-state index contributed by atoms with van der Waals surface area (Å²) >= 11 is 3.68. The van der Waals surface area contributed by atoms with Crippen molar-refractivity contribution in [1.29, 1.82) is 0 Å². The van der Waals surface area contributed by atoms with E-state index in [0.717, 1.165) is 18.5 Å². The number of benzene rings is 1. The zero-order valence-electron chi connectivity index (χ0n) is 10.8. The van der Waals surface area contributed by atoms with Gasteiger partial charge < -0.3 is 4.74 Å². The molecule has 18 heavy (non-hydrogen) atoms. The molecular formula is C16H21BrO. The number of ether oxygens (including phenoxy) is 1. The predicted octanol–water partition coefficient (Wildman–Crippen LogP) is 4.71. The fraction of sp³-hybridized carbons (Fsp3) is 0.500. The van der Waals surface area contributed by atoms with Gasteiger partial charge in [0, 0.05) is 10.7 Å². The van der Waals surface area contributed by atoms with Crippen molar-refractivity contribution in [3.63, 3.8) is 0 Å². The zero-order valence-corrected chi connectivity index (χ0v) is 12.4. The van der Waals surface area contributed by atoms with Gasteiger partial charge >= 0.3 is 0 Å². The Balaban J connectivity index is 1.83. The summed E-state index contributed by atoms with van der Waals surface area (Å²) < 4.78 is 5.95. The molecule has 0 bridgehead atoms. The molecule has 0 heterocycles. The minimum absolute atomic E-state index is 0.318. The van der Waals surface area contributed by atoms with Crippen molar-refractivity contribution in [2.24, 2.45) is 5.41 Å². The van der Waals surface area contributed by atoms with Crippen molar-refractivity contribution in [2.45, 2.75) is 32.3 Å². The lowest BCUT2D eigenvalue weighted by atomic mass is 9.83. The number of hydrogen-bond donors (Lipinski definition) is 0. The Hall–Kier alpha value is -0.600. The molecule has 0 saturated heterocycles. The average Bonchev–Trinajstić information content (AvgIpc) is 2.66. The van der Waals surface area contributed by atoms with Crippen molar-refractivity contribution in [3.05, 3.63) is 48.0 Å². The predicted molar refractivity (Wildman–Crippen MR) is 79.9 cm³/mol. The Bertz CT molecular complexity index is 362. The summed E-state index contributed by atoms with van der Waals surface area (Å²) in [7, 11) is 0. The van der Waals surface area contributed by atoms with Crippen LogP contribution in [0.1, 0.15) is 31.2 Å². The molecule has 1 aromatic rings. The van der Waals surface area contributed by atoms with Gasteiger partial charge in [0.25, 0.3) is 0 Å². The quantitative estimate of drug-likeness (QED) is 0.565. The van der Waals surface area contributed by atoms with E-state index in [2.05, 4.69) is 52.3 Å². The maximum absolute atomic E-state index is 5.95. The normalized spacial score (nSPS) is 18.5. The fourth-order valence-corrected chi connectivity index (χ4v) is 3.14. The van der Waals surface area contributed by atoms with Gasteiger partial charge in [0.1, 0.15) is 0 Å². The summed E-state index contributed by atoms with van der Waals surface area (Å²) in [4.78, 5) is 0. The second-order valence-corrected chi connectivity index (χ2v) is 5.72. The number of rotatable bonds is 5. The van der Waals surface area contributed by atoms with E-state index in [0.29, 0.717) is 5.41 Å². The van der Waals surface area contributed by atoms with E-state index >= 15 is 0 Å². The Morgan fingerprint density at radius 2 is 1.72 bits per heavy atom. The monoisotopic (exact) mass is 308 g/mol. The van der Waals surface area contributed by atoms with Gasteiger partial charge in [0.2, 0.25) is 0 Å². The number of halogens is 1. The first-order valence-electron chi connectivity index (χ1n) is 6.67. The summed E-state index contributed by atoms with van der Waals surface area (Å²) in [5.41, 5.74) is 1.58. The molecule has 2 rings (SSSR count). The second kappa shape index (κ2) is 7.10. The largest absolute Gasteiger partial charge is 0.376 e. The van der Waals surface area contributed by atoms with E-state index < -0.39 is 0 Å². The molecule has 1 aliphatic rings. The Kier molecular flexibility index (Phi) is 5.45. The van der Waals surface area contributed by atoms with Gasteiger partial charge in [0.15, 0.2) is 0 Å². The molecule has 0 aliphatic heterocycles. The lowest BCUT2D eigenvalue weighted by Crippen LogP contribution is -2.28. The number of allylic oxidation sites excluding steroid dienone is 2. The first-order valence-corrected chi connectivity index (χ1v) is 7.79. The molecule has 0 amide bonds. The van der Waals surface area contributed by atoms with Crippen LogP contribution in [-0.4, -0.2) is 11.9 Å². The van der Waals surface area contributed by atoms with Crippen LogP contribution in [0.5, 0.6) is 0 Å². The Morgan fingerprint density at radius 1 is 1.06 bits per heavy atom. The molecule has 0 spiro atoms. The van der Waals surface area contributed by atoms with Crippen molar-refractivity contribution in [3.8, 4) is 0 Å². The van der Waals surface area contributed by atoms with Crippen LogP contribution in [0, 0.1) is 5.41 Å². The summed E-state index contributed by atoms with van der Waals surface area (Å²) in [5, 5.41) is 1.04.